The Morgan fingerprint density at radius 2 is 2.04 bits per heavy atom. The maximum atomic E-state index is 13.6. The molecule has 124 valence electrons. The van der Waals surface area contributed by atoms with Crippen molar-refractivity contribution < 1.29 is 18.0 Å². The van der Waals surface area contributed by atoms with Crippen LogP contribution in [0.4, 0.5) is 14.8 Å². The molecule has 3 aromatic rings. The lowest BCUT2D eigenvalue weighted by Gasteiger charge is -2.07. The first-order chi connectivity index (χ1) is 11.5. The molecule has 0 saturated carbocycles. The molecule has 1 amide bonds. The highest BCUT2D eigenvalue weighted by atomic mass is 19.1. The highest BCUT2D eigenvalue weighted by Gasteiger charge is 2.18. The zero-order valence-corrected chi connectivity index (χ0v) is 12.8. The number of amides is 1. The first-order valence-corrected chi connectivity index (χ1v) is 7.09. The topological polar surface area (TPSA) is 85.8 Å². The summed E-state index contributed by atoms with van der Waals surface area (Å²) in [5, 5.41) is 14.0. The fourth-order valence-electron chi connectivity index (χ4n) is 2.11. The van der Waals surface area contributed by atoms with E-state index >= 15 is 0 Å². The molecule has 0 aliphatic heterocycles. The van der Waals surface area contributed by atoms with Gasteiger partial charge in [-0.1, -0.05) is 5.10 Å². The second-order valence-electron chi connectivity index (χ2n) is 5.25. The standard InChI is InChI=1S/C15H13F2N5O2/c1-8(2)22-12(5-6-18-22)14-20-21-15(24-14)19-13(23)10-4-3-9(16)7-11(10)17/h3-8H,1-2H3,(H,19,21,23). The van der Waals surface area contributed by atoms with Crippen LogP contribution >= 0.6 is 0 Å². The minimum atomic E-state index is -0.981. The number of anilines is 1. The van der Waals surface area contributed by atoms with Crippen molar-refractivity contribution in [2.75, 3.05) is 5.32 Å². The van der Waals surface area contributed by atoms with Gasteiger partial charge in [0.1, 0.15) is 17.3 Å². The molecule has 0 unspecified atom stereocenters. The second-order valence-corrected chi connectivity index (χ2v) is 5.25. The molecule has 0 atom stereocenters. The molecule has 0 spiro atoms. The van der Waals surface area contributed by atoms with E-state index in [1.54, 1.807) is 16.9 Å². The number of carbonyl (C=O) groups excluding carboxylic acids is 1. The van der Waals surface area contributed by atoms with E-state index in [4.69, 9.17) is 4.42 Å². The molecular weight excluding hydrogens is 320 g/mol. The summed E-state index contributed by atoms with van der Waals surface area (Å²) in [7, 11) is 0. The largest absolute Gasteiger partial charge is 0.401 e. The molecule has 0 aliphatic carbocycles. The fraction of sp³-hybridized carbons (Fsp3) is 0.200. The van der Waals surface area contributed by atoms with Gasteiger partial charge in [0, 0.05) is 18.3 Å². The van der Waals surface area contributed by atoms with Crippen LogP contribution in [0, 0.1) is 11.6 Å². The number of nitrogens with zero attached hydrogens (tertiary/aromatic N) is 4. The Kier molecular flexibility index (Phi) is 4.07. The third kappa shape index (κ3) is 3.00. The molecule has 0 bridgehead atoms. The molecule has 0 aliphatic rings. The van der Waals surface area contributed by atoms with Crippen molar-refractivity contribution in [2.24, 2.45) is 0 Å². The van der Waals surface area contributed by atoms with E-state index in [0.29, 0.717) is 11.8 Å². The highest BCUT2D eigenvalue weighted by molar-refractivity contribution is 6.03. The Bertz CT molecular complexity index is 888. The van der Waals surface area contributed by atoms with Gasteiger partial charge in [0.25, 0.3) is 11.8 Å². The third-order valence-corrected chi connectivity index (χ3v) is 3.20. The van der Waals surface area contributed by atoms with E-state index < -0.39 is 17.5 Å². The smallest absolute Gasteiger partial charge is 0.322 e. The summed E-state index contributed by atoms with van der Waals surface area (Å²) in [5.74, 6) is -2.41. The third-order valence-electron chi connectivity index (χ3n) is 3.20. The van der Waals surface area contributed by atoms with Gasteiger partial charge in [-0.2, -0.15) is 5.10 Å². The van der Waals surface area contributed by atoms with E-state index in [1.165, 1.54) is 0 Å². The van der Waals surface area contributed by atoms with Crippen LogP contribution in [0.2, 0.25) is 0 Å². The SMILES string of the molecule is CC(C)n1nccc1-c1nnc(NC(=O)c2ccc(F)cc2F)o1. The van der Waals surface area contributed by atoms with E-state index in [-0.39, 0.29) is 23.5 Å². The zero-order chi connectivity index (χ0) is 17.3. The molecule has 9 heteroatoms. The molecular formula is C15H13F2N5O2. The van der Waals surface area contributed by atoms with E-state index in [9.17, 15) is 13.6 Å². The maximum absolute atomic E-state index is 13.6. The highest BCUT2D eigenvalue weighted by Crippen LogP contribution is 2.22. The van der Waals surface area contributed by atoms with Gasteiger partial charge >= 0.3 is 6.01 Å². The number of nitrogens with one attached hydrogen (secondary N) is 1. The normalized spacial score (nSPS) is 11.0. The van der Waals surface area contributed by atoms with Crippen LogP contribution in [0.15, 0.2) is 34.9 Å². The summed E-state index contributed by atoms with van der Waals surface area (Å²) >= 11 is 0. The van der Waals surface area contributed by atoms with Crippen molar-refractivity contribution in [3.63, 3.8) is 0 Å². The summed E-state index contributed by atoms with van der Waals surface area (Å²) in [6.07, 6.45) is 1.59. The van der Waals surface area contributed by atoms with Crippen molar-refractivity contribution in [1.82, 2.24) is 20.0 Å². The van der Waals surface area contributed by atoms with Gasteiger partial charge < -0.3 is 4.42 Å². The van der Waals surface area contributed by atoms with Crippen molar-refractivity contribution in [2.45, 2.75) is 19.9 Å². The van der Waals surface area contributed by atoms with Crippen LogP contribution in [0.3, 0.4) is 0 Å². The van der Waals surface area contributed by atoms with Gasteiger partial charge in [-0.05, 0) is 32.0 Å². The van der Waals surface area contributed by atoms with Crippen LogP contribution < -0.4 is 5.32 Å². The molecule has 2 heterocycles. The molecule has 1 aromatic carbocycles. The number of aromatic nitrogens is 4. The predicted octanol–water partition coefficient (Wildman–Crippen LogP) is 3.04. The van der Waals surface area contributed by atoms with Gasteiger partial charge in [0.05, 0.1) is 5.56 Å². The number of carbonyl (C=O) groups is 1. The van der Waals surface area contributed by atoms with Crippen molar-refractivity contribution in [3.8, 4) is 11.6 Å². The van der Waals surface area contributed by atoms with Crippen LogP contribution in [-0.4, -0.2) is 25.9 Å². The predicted molar refractivity (Wildman–Crippen MR) is 80.2 cm³/mol. The lowest BCUT2D eigenvalue weighted by Crippen LogP contribution is -2.14. The van der Waals surface area contributed by atoms with Gasteiger partial charge in [0.2, 0.25) is 0 Å². The summed E-state index contributed by atoms with van der Waals surface area (Å²) in [4.78, 5) is 12.0. The zero-order valence-electron chi connectivity index (χ0n) is 12.8. The molecule has 1 N–H and O–H groups in total. The molecule has 0 fully saturated rings. The van der Waals surface area contributed by atoms with Crippen LogP contribution in [0.5, 0.6) is 0 Å². The molecule has 7 nitrogen and oxygen atoms in total. The monoisotopic (exact) mass is 333 g/mol. The van der Waals surface area contributed by atoms with E-state index in [2.05, 4.69) is 20.6 Å². The summed E-state index contributed by atoms with van der Waals surface area (Å²) in [6, 6.07) is 4.21. The average Bonchev–Trinajstić information content (AvgIpc) is 3.15. The number of rotatable bonds is 4. The lowest BCUT2D eigenvalue weighted by atomic mass is 10.2. The second kappa shape index (κ2) is 6.19. The fourth-order valence-corrected chi connectivity index (χ4v) is 2.11. The minimum Gasteiger partial charge on any atom is -0.401 e. The van der Waals surface area contributed by atoms with Crippen LogP contribution in [0.1, 0.15) is 30.2 Å². The summed E-state index contributed by atoms with van der Waals surface area (Å²) in [5.41, 5.74) is 0.259. The van der Waals surface area contributed by atoms with Crippen LogP contribution in [-0.2, 0) is 0 Å². The Morgan fingerprint density at radius 1 is 1.25 bits per heavy atom. The molecule has 2 aromatic heterocycles. The Hall–Kier alpha value is -3.10. The van der Waals surface area contributed by atoms with E-state index in [1.807, 2.05) is 13.8 Å². The van der Waals surface area contributed by atoms with Crippen molar-refractivity contribution >= 4 is 11.9 Å². The molecule has 3 rings (SSSR count). The quantitative estimate of drug-likeness (QED) is 0.793. The van der Waals surface area contributed by atoms with Gasteiger partial charge in [0.15, 0.2) is 0 Å². The van der Waals surface area contributed by atoms with Crippen LogP contribution in [0.25, 0.3) is 11.6 Å². The number of hydrogen-bond acceptors (Lipinski definition) is 5. The van der Waals surface area contributed by atoms with Gasteiger partial charge in [-0.25, -0.2) is 8.78 Å². The Morgan fingerprint density at radius 3 is 2.75 bits per heavy atom. The summed E-state index contributed by atoms with van der Waals surface area (Å²) in [6.45, 7) is 3.87. The first-order valence-electron chi connectivity index (χ1n) is 7.09. The van der Waals surface area contributed by atoms with E-state index in [0.717, 1.165) is 12.1 Å². The lowest BCUT2D eigenvalue weighted by molar-refractivity contribution is 0.102. The molecule has 0 saturated heterocycles. The van der Waals surface area contributed by atoms with Crippen molar-refractivity contribution in [3.05, 3.63) is 47.7 Å². The number of benzene rings is 1. The number of halogens is 2. The Labute approximate surface area is 135 Å². The molecule has 24 heavy (non-hydrogen) atoms. The van der Waals surface area contributed by atoms with Crippen molar-refractivity contribution in [1.29, 1.82) is 0 Å². The minimum absolute atomic E-state index is 0.0771. The maximum Gasteiger partial charge on any atom is 0.322 e. The summed E-state index contributed by atoms with van der Waals surface area (Å²) < 4.78 is 33.5. The average molecular weight is 333 g/mol. The first kappa shape index (κ1) is 15.8. The molecule has 0 radical (unpaired) electrons. The number of hydrogen-bond donors (Lipinski definition) is 1. The van der Waals surface area contributed by atoms with Gasteiger partial charge in [-0.3, -0.25) is 14.8 Å². The van der Waals surface area contributed by atoms with Gasteiger partial charge in [-0.15, -0.1) is 5.10 Å². The Balaban J connectivity index is 1.81.